The standard InChI is InChI=1S/C17H9F3N4O2/c18-10-7-5-9(6-8-10)17(19,20)16-21-15(26-24-16)13-11-3-1-2-4-12(11)14(25)23-22-13/h1-8H,(H,23,25). The van der Waals surface area contributed by atoms with E-state index in [-0.39, 0.29) is 11.6 Å². The molecule has 0 aliphatic carbocycles. The number of hydrogen-bond donors (Lipinski definition) is 1. The zero-order valence-corrected chi connectivity index (χ0v) is 12.9. The van der Waals surface area contributed by atoms with Crippen molar-refractivity contribution in [3.05, 3.63) is 76.1 Å². The number of nitrogens with zero attached hydrogens (tertiary/aromatic N) is 3. The summed E-state index contributed by atoms with van der Waals surface area (Å²) < 4.78 is 47.0. The number of halogens is 3. The first-order valence-corrected chi connectivity index (χ1v) is 7.42. The summed E-state index contributed by atoms with van der Waals surface area (Å²) in [5.41, 5.74) is -0.833. The van der Waals surface area contributed by atoms with Gasteiger partial charge in [-0.15, -0.1) is 0 Å². The maximum Gasteiger partial charge on any atom is 0.335 e. The van der Waals surface area contributed by atoms with Crippen LogP contribution < -0.4 is 5.56 Å². The summed E-state index contributed by atoms with van der Waals surface area (Å²) in [6.07, 6.45) is 0. The number of aromatic amines is 1. The van der Waals surface area contributed by atoms with Crippen molar-refractivity contribution < 1.29 is 17.7 Å². The molecule has 0 saturated heterocycles. The molecule has 0 atom stereocenters. The Morgan fingerprint density at radius 2 is 1.69 bits per heavy atom. The zero-order chi connectivity index (χ0) is 18.3. The normalized spacial score (nSPS) is 11.8. The minimum absolute atomic E-state index is 0.0776. The van der Waals surface area contributed by atoms with E-state index >= 15 is 0 Å². The summed E-state index contributed by atoms with van der Waals surface area (Å²) in [5.74, 6) is -5.39. The zero-order valence-electron chi connectivity index (χ0n) is 12.9. The van der Waals surface area contributed by atoms with Gasteiger partial charge in [0.15, 0.2) is 5.69 Å². The monoisotopic (exact) mass is 358 g/mol. The Morgan fingerprint density at radius 3 is 2.42 bits per heavy atom. The lowest BCUT2D eigenvalue weighted by molar-refractivity contribution is 0.0304. The van der Waals surface area contributed by atoms with Gasteiger partial charge in [0.1, 0.15) is 5.82 Å². The van der Waals surface area contributed by atoms with Crippen LogP contribution in [0, 0.1) is 5.82 Å². The summed E-state index contributed by atoms with van der Waals surface area (Å²) in [6.45, 7) is 0. The van der Waals surface area contributed by atoms with Gasteiger partial charge in [-0.2, -0.15) is 18.9 Å². The second-order valence-corrected chi connectivity index (χ2v) is 5.45. The van der Waals surface area contributed by atoms with Crippen LogP contribution in [0.5, 0.6) is 0 Å². The number of rotatable bonds is 3. The predicted octanol–water partition coefficient (Wildman–Crippen LogP) is 3.25. The highest BCUT2D eigenvalue weighted by molar-refractivity contribution is 5.91. The van der Waals surface area contributed by atoms with Crippen LogP contribution in [0.25, 0.3) is 22.4 Å². The molecule has 2 aromatic carbocycles. The minimum atomic E-state index is -3.59. The molecule has 0 aliphatic rings. The summed E-state index contributed by atoms with van der Waals surface area (Å²) in [6, 6.07) is 10.2. The second-order valence-electron chi connectivity index (χ2n) is 5.45. The minimum Gasteiger partial charge on any atom is -0.332 e. The van der Waals surface area contributed by atoms with Gasteiger partial charge < -0.3 is 4.52 Å². The van der Waals surface area contributed by atoms with Gasteiger partial charge in [-0.1, -0.05) is 23.4 Å². The highest BCUT2D eigenvalue weighted by atomic mass is 19.3. The van der Waals surface area contributed by atoms with Crippen molar-refractivity contribution >= 4 is 10.8 Å². The molecule has 4 aromatic rings. The molecule has 0 aliphatic heterocycles. The molecule has 0 bridgehead atoms. The van der Waals surface area contributed by atoms with E-state index in [4.69, 9.17) is 4.52 Å². The molecule has 0 saturated carbocycles. The van der Waals surface area contributed by atoms with Crippen LogP contribution in [0.1, 0.15) is 11.4 Å². The molecular weight excluding hydrogens is 349 g/mol. The molecule has 2 heterocycles. The first kappa shape index (κ1) is 16.0. The van der Waals surface area contributed by atoms with Gasteiger partial charge in [-0.3, -0.25) is 4.79 Å². The lowest BCUT2D eigenvalue weighted by atomic mass is 10.1. The second kappa shape index (κ2) is 5.80. The van der Waals surface area contributed by atoms with Crippen LogP contribution >= 0.6 is 0 Å². The van der Waals surface area contributed by atoms with E-state index in [1.807, 2.05) is 0 Å². The van der Waals surface area contributed by atoms with Crippen molar-refractivity contribution in [2.24, 2.45) is 0 Å². The summed E-state index contributed by atoms with van der Waals surface area (Å²) in [4.78, 5) is 15.5. The number of benzene rings is 2. The highest BCUT2D eigenvalue weighted by Crippen LogP contribution is 2.35. The Morgan fingerprint density at radius 1 is 1.00 bits per heavy atom. The number of alkyl halides is 2. The molecule has 0 fully saturated rings. The third-order valence-electron chi connectivity index (χ3n) is 3.81. The van der Waals surface area contributed by atoms with Gasteiger partial charge in [0, 0.05) is 10.9 Å². The van der Waals surface area contributed by atoms with E-state index in [2.05, 4.69) is 20.3 Å². The molecule has 6 nitrogen and oxygen atoms in total. The van der Waals surface area contributed by atoms with Gasteiger partial charge in [0.2, 0.25) is 5.82 Å². The van der Waals surface area contributed by atoms with E-state index in [0.29, 0.717) is 10.8 Å². The van der Waals surface area contributed by atoms with E-state index in [9.17, 15) is 18.0 Å². The Bertz CT molecular complexity index is 1150. The van der Waals surface area contributed by atoms with Crippen molar-refractivity contribution in [2.75, 3.05) is 0 Å². The fraction of sp³-hybridized carbons (Fsp3) is 0.0588. The van der Waals surface area contributed by atoms with Crippen molar-refractivity contribution in [2.45, 2.75) is 5.92 Å². The number of fused-ring (bicyclic) bond motifs is 1. The summed E-state index contributed by atoms with van der Waals surface area (Å²) in [7, 11) is 0. The van der Waals surface area contributed by atoms with Crippen molar-refractivity contribution in [3.63, 3.8) is 0 Å². The average molecular weight is 358 g/mol. The van der Waals surface area contributed by atoms with Gasteiger partial charge in [0.05, 0.1) is 5.39 Å². The lowest BCUT2D eigenvalue weighted by Crippen LogP contribution is -2.17. The predicted molar refractivity (Wildman–Crippen MR) is 85.1 cm³/mol. The smallest absolute Gasteiger partial charge is 0.332 e. The Kier molecular flexibility index (Phi) is 3.57. The number of aromatic nitrogens is 4. The Balaban J connectivity index is 1.81. The molecule has 130 valence electrons. The van der Waals surface area contributed by atoms with Crippen molar-refractivity contribution in [1.29, 1.82) is 0 Å². The summed E-state index contributed by atoms with van der Waals surface area (Å²) in [5, 5.41) is 10.1. The topological polar surface area (TPSA) is 84.7 Å². The van der Waals surface area contributed by atoms with E-state index in [1.54, 1.807) is 24.3 Å². The number of hydrogen-bond acceptors (Lipinski definition) is 5. The molecule has 9 heteroatoms. The van der Waals surface area contributed by atoms with Crippen molar-refractivity contribution in [3.8, 4) is 11.6 Å². The van der Waals surface area contributed by atoms with E-state index < -0.39 is 28.7 Å². The quantitative estimate of drug-likeness (QED) is 0.608. The Labute approximate surface area is 143 Å². The third kappa shape index (κ3) is 2.53. The third-order valence-corrected chi connectivity index (χ3v) is 3.81. The fourth-order valence-corrected chi connectivity index (χ4v) is 2.51. The van der Waals surface area contributed by atoms with Crippen LogP contribution in [0.2, 0.25) is 0 Å². The van der Waals surface area contributed by atoms with Gasteiger partial charge >= 0.3 is 5.92 Å². The van der Waals surface area contributed by atoms with Gasteiger partial charge in [-0.05, 0) is 30.3 Å². The molecular formula is C17H9F3N4O2. The molecule has 0 radical (unpaired) electrons. The van der Waals surface area contributed by atoms with Crippen LogP contribution in [0.4, 0.5) is 13.2 Å². The van der Waals surface area contributed by atoms with Crippen molar-refractivity contribution in [1.82, 2.24) is 20.3 Å². The largest absolute Gasteiger partial charge is 0.335 e. The molecule has 2 aromatic heterocycles. The maximum absolute atomic E-state index is 14.5. The molecule has 1 N–H and O–H groups in total. The molecule has 0 amide bonds. The summed E-state index contributed by atoms with van der Waals surface area (Å²) >= 11 is 0. The van der Waals surface area contributed by atoms with E-state index in [1.165, 1.54) is 0 Å². The van der Waals surface area contributed by atoms with Crippen LogP contribution in [-0.2, 0) is 5.92 Å². The Hall–Kier alpha value is -3.49. The molecule has 0 spiro atoms. The molecule has 4 rings (SSSR count). The van der Waals surface area contributed by atoms with Crippen LogP contribution in [0.3, 0.4) is 0 Å². The SMILES string of the molecule is O=c1[nH]nc(-c2nc(C(F)(F)c3ccc(F)cc3)no2)c2ccccc12. The highest BCUT2D eigenvalue weighted by Gasteiger charge is 2.40. The van der Waals surface area contributed by atoms with Gasteiger partial charge in [-0.25, -0.2) is 9.49 Å². The van der Waals surface area contributed by atoms with E-state index in [0.717, 1.165) is 24.3 Å². The first-order chi connectivity index (χ1) is 12.5. The first-order valence-electron chi connectivity index (χ1n) is 7.42. The van der Waals surface area contributed by atoms with Crippen LogP contribution in [0.15, 0.2) is 57.8 Å². The average Bonchev–Trinajstić information content (AvgIpc) is 3.13. The van der Waals surface area contributed by atoms with Gasteiger partial charge in [0.25, 0.3) is 11.4 Å². The maximum atomic E-state index is 14.5. The lowest BCUT2D eigenvalue weighted by Gasteiger charge is -2.11. The number of H-pyrrole nitrogens is 1. The molecule has 26 heavy (non-hydrogen) atoms. The van der Waals surface area contributed by atoms with Crippen LogP contribution in [-0.4, -0.2) is 20.3 Å². The number of nitrogens with one attached hydrogen (secondary N) is 1. The molecule has 0 unspecified atom stereocenters. The fourth-order valence-electron chi connectivity index (χ4n) is 2.51.